The Morgan fingerprint density at radius 1 is 0.914 bits per heavy atom. The molecule has 5 rings (SSSR count). The zero-order valence-corrected chi connectivity index (χ0v) is 23.1. The molecule has 35 heavy (non-hydrogen) atoms. The lowest BCUT2D eigenvalue weighted by Crippen LogP contribution is -2.70. The molecule has 1 aromatic rings. The van der Waals surface area contributed by atoms with Crippen LogP contribution in [0.15, 0.2) is 30.6 Å². The molecule has 0 spiro atoms. The standard InChI is InChI=1S/C32H52NO2/c1-22(2)10-9-11-23(3)26-12-13-27-25-20-29(33-18-7-6-8-19-33)32(35)21-24(34)14-17-31(32,5)28(25)15-16-30(26,27)4/h6-8,18-19,22-29,34-35H,9-17,20-21H2,1-5H3/q+1/t23-,24+,25+,26-,27+,28+,29-,30-,31-,32+/m1/s1. The van der Waals surface area contributed by atoms with Gasteiger partial charge in [0.05, 0.1) is 6.10 Å². The van der Waals surface area contributed by atoms with Crippen molar-refractivity contribution in [2.75, 3.05) is 0 Å². The number of hydrogen-bond acceptors (Lipinski definition) is 2. The molecule has 4 aliphatic carbocycles. The van der Waals surface area contributed by atoms with Crippen molar-refractivity contribution in [2.45, 2.75) is 123 Å². The summed E-state index contributed by atoms with van der Waals surface area (Å²) >= 11 is 0. The average molecular weight is 483 g/mol. The molecule has 4 fully saturated rings. The summed E-state index contributed by atoms with van der Waals surface area (Å²) in [5.41, 5.74) is -0.511. The molecule has 0 aromatic carbocycles. The first kappa shape index (κ1) is 25.7. The number of aliphatic hydroxyl groups excluding tert-OH is 1. The number of rotatable bonds is 6. The fourth-order valence-corrected chi connectivity index (χ4v) is 10.3. The molecule has 4 saturated carbocycles. The maximum absolute atomic E-state index is 12.5. The second kappa shape index (κ2) is 9.43. The van der Waals surface area contributed by atoms with Gasteiger partial charge in [0.25, 0.3) is 0 Å². The van der Waals surface area contributed by atoms with Crippen LogP contribution in [-0.2, 0) is 0 Å². The Bertz CT molecular complexity index is 872. The quantitative estimate of drug-likeness (QED) is 0.442. The van der Waals surface area contributed by atoms with Crippen molar-refractivity contribution in [3.8, 4) is 0 Å². The smallest absolute Gasteiger partial charge is 0.187 e. The van der Waals surface area contributed by atoms with Crippen molar-refractivity contribution < 1.29 is 14.8 Å². The third-order valence-electron chi connectivity index (χ3n) is 12.1. The van der Waals surface area contributed by atoms with Crippen LogP contribution >= 0.6 is 0 Å². The second-order valence-corrected chi connectivity index (χ2v) is 14.2. The van der Waals surface area contributed by atoms with E-state index < -0.39 is 5.60 Å². The van der Waals surface area contributed by atoms with Gasteiger partial charge in [0.15, 0.2) is 18.4 Å². The molecular formula is C32H52NO2+. The number of nitrogens with zero attached hydrogens (tertiary/aromatic N) is 1. The summed E-state index contributed by atoms with van der Waals surface area (Å²) in [4.78, 5) is 0. The lowest BCUT2D eigenvalue weighted by atomic mass is 9.42. The number of hydrogen-bond donors (Lipinski definition) is 2. The monoisotopic (exact) mass is 482 g/mol. The number of pyridine rings is 1. The van der Waals surface area contributed by atoms with E-state index in [4.69, 9.17) is 0 Å². The van der Waals surface area contributed by atoms with Crippen LogP contribution in [-0.4, -0.2) is 21.9 Å². The first-order valence-corrected chi connectivity index (χ1v) is 15.0. The first-order chi connectivity index (χ1) is 16.6. The maximum atomic E-state index is 12.5. The number of fused-ring (bicyclic) bond motifs is 5. The molecule has 2 N–H and O–H groups in total. The molecule has 0 radical (unpaired) electrons. The van der Waals surface area contributed by atoms with Gasteiger partial charge in [0.1, 0.15) is 5.60 Å². The van der Waals surface area contributed by atoms with Gasteiger partial charge < -0.3 is 10.2 Å². The van der Waals surface area contributed by atoms with E-state index in [0.29, 0.717) is 23.7 Å². The predicted molar refractivity (Wildman–Crippen MR) is 142 cm³/mol. The zero-order chi connectivity index (χ0) is 25.0. The van der Waals surface area contributed by atoms with Gasteiger partial charge in [-0.05, 0) is 79.4 Å². The van der Waals surface area contributed by atoms with E-state index in [1.807, 2.05) is 0 Å². The molecular weight excluding hydrogens is 430 g/mol. The van der Waals surface area contributed by atoms with E-state index in [9.17, 15) is 10.2 Å². The fraction of sp³-hybridized carbons (Fsp3) is 0.844. The summed E-state index contributed by atoms with van der Waals surface area (Å²) in [5.74, 6) is 4.52. The van der Waals surface area contributed by atoms with Crippen LogP contribution in [0.4, 0.5) is 0 Å². The minimum absolute atomic E-state index is 0.0507. The summed E-state index contributed by atoms with van der Waals surface area (Å²) in [6.45, 7) is 12.3. The highest BCUT2D eigenvalue weighted by atomic mass is 16.3. The molecule has 0 bridgehead atoms. The van der Waals surface area contributed by atoms with E-state index in [-0.39, 0.29) is 17.6 Å². The molecule has 3 heteroatoms. The van der Waals surface area contributed by atoms with Crippen LogP contribution in [0.1, 0.15) is 111 Å². The Labute approximate surface area is 214 Å². The summed E-state index contributed by atoms with van der Waals surface area (Å²) in [6, 6.07) is 6.32. The molecule has 10 atom stereocenters. The highest BCUT2D eigenvalue weighted by Gasteiger charge is 2.70. The summed E-state index contributed by atoms with van der Waals surface area (Å²) in [7, 11) is 0. The van der Waals surface area contributed by atoms with E-state index in [2.05, 4.69) is 69.8 Å². The zero-order valence-electron chi connectivity index (χ0n) is 23.1. The molecule has 0 unspecified atom stereocenters. The summed E-state index contributed by atoms with van der Waals surface area (Å²) in [5, 5.41) is 23.2. The Morgan fingerprint density at radius 2 is 1.66 bits per heavy atom. The molecule has 4 aliphatic rings. The third kappa shape index (κ3) is 4.12. The van der Waals surface area contributed by atoms with E-state index in [1.54, 1.807) is 0 Å². The topological polar surface area (TPSA) is 44.3 Å². The Balaban J connectivity index is 1.45. The predicted octanol–water partition coefficient (Wildman–Crippen LogP) is 6.72. The van der Waals surface area contributed by atoms with Gasteiger partial charge in [0, 0.05) is 30.4 Å². The van der Waals surface area contributed by atoms with E-state index in [0.717, 1.165) is 42.9 Å². The molecule has 196 valence electrons. The van der Waals surface area contributed by atoms with Gasteiger partial charge in [-0.3, -0.25) is 0 Å². The number of aromatic nitrogens is 1. The van der Waals surface area contributed by atoms with Crippen molar-refractivity contribution in [3.05, 3.63) is 30.6 Å². The van der Waals surface area contributed by atoms with Crippen molar-refractivity contribution in [3.63, 3.8) is 0 Å². The highest BCUT2D eigenvalue weighted by Crippen LogP contribution is 2.70. The van der Waals surface area contributed by atoms with E-state index >= 15 is 0 Å². The van der Waals surface area contributed by atoms with Crippen LogP contribution in [0.25, 0.3) is 0 Å². The van der Waals surface area contributed by atoms with Gasteiger partial charge in [-0.15, -0.1) is 0 Å². The molecule has 0 amide bonds. The average Bonchev–Trinajstić information content (AvgIpc) is 3.17. The minimum Gasteiger partial charge on any atom is -0.393 e. The molecule has 0 aliphatic heterocycles. The molecule has 0 saturated heterocycles. The van der Waals surface area contributed by atoms with Crippen LogP contribution in [0.2, 0.25) is 0 Å². The minimum atomic E-state index is -0.840. The van der Waals surface area contributed by atoms with Crippen LogP contribution in [0, 0.1) is 46.3 Å². The lowest BCUT2D eigenvalue weighted by molar-refractivity contribution is -0.747. The Morgan fingerprint density at radius 3 is 2.37 bits per heavy atom. The normalized spacial score (nSPS) is 46.1. The lowest BCUT2D eigenvalue weighted by Gasteiger charge is -2.64. The van der Waals surface area contributed by atoms with Gasteiger partial charge >= 0.3 is 0 Å². The van der Waals surface area contributed by atoms with Crippen LogP contribution in [0.5, 0.6) is 0 Å². The van der Waals surface area contributed by atoms with Gasteiger partial charge in [-0.2, -0.15) is 4.57 Å². The molecule has 1 aromatic heterocycles. The van der Waals surface area contributed by atoms with Crippen molar-refractivity contribution in [1.29, 1.82) is 0 Å². The molecule has 1 heterocycles. The third-order valence-corrected chi connectivity index (χ3v) is 12.1. The number of aliphatic hydroxyl groups is 2. The van der Waals surface area contributed by atoms with Crippen molar-refractivity contribution in [1.82, 2.24) is 0 Å². The Hall–Kier alpha value is -0.930. The largest absolute Gasteiger partial charge is 0.393 e. The van der Waals surface area contributed by atoms with Crippen molar-refractivity contribution in [2.24, 2.45) is 46.3 Å². The van der Waals surface area contributed by atoms with Crippen LogP contribution < -0.4 is 4.57 Å². The van der Waals surface area contributed by atoms with Gasteiger partial charge in [0.2, 0.25) is 0 Å². The Kier molecular flexibility index (Phi) is 6.92. The van der Waals surface area contributed by atoms with Crippen molar-refractivity contribution >= 4 is 0 Å². The van der Waals surface area contributed by atoms with E-state index in [1.165, 1.54) is 44.9 Å². The second-order valence-electron chi connectivity index (χ2n) is 14.2. The highest BCUT2D eigenvalue weighted by molar-refractivity contribution is 5.16. The first-order valence-electron chi connectivity index (χ1n) is 15.0. The van der Waals surface area contributed by atoms with Gasteiger partial charge in [-0.25, -0.2) is 0 Å². The summed E-state index contributed by atoms with van der Waals surface area (Å²) in [6.07, 6.45) is 16.8. The maximum Gasteiger partial charge on any atom is 0.187 e. The SMILES string of the molecule is CC(C)CCC[C@@H](C)[C@H]1CC[C@H]2[C@@H]3C[C@@H]([n+]4ccccc4)[C@@]4(O)C[C@@H](O)CC[C@]4(C)[C@H]3CC[C@]12C. The van der Waals surface area contributed by atoms with Crippen LogP contribution in [0.3, 0.4) is 0 Å². The summed E-state index contributed by atoms with van der Waals surface area (Å²) < 4.78 is 2.29. The molecule has 3 nitrogen and oxygen atoms in total. The van der Waals surface area contributed by atoms with Gasteiger partial charge in [-0.1, -0.05) is 59.9 Å². The fourth-order valence-electron chi connectivity index (χ4n) is 10.3.